The molecule has 0 aliphatic heterocycles. The number of rotatable bonds is 23. The van der Waals surface area contributed by atoms with E-state index in [1.807, 2.05) is 0 Å². The van der Waals surface area contributed by atoms with Crippen LogP contribution in [0.25, 0.3) is 0 Å². The molecule has 0 aromatic heterocycles. The number of hydrogen-bond donors (Lipinski definition) is 0. The van der Waals surface area contributed by atoms with Crippen molar-refractivity contribution in [1.82, 2.24) is 0 Å². The Morgan fingerprint density at radius 2 is 0.767 bits per heavy atom. The molecule has 0 spiro atoms. The van der Waals surface area contributed by atoms with Gasteiger partial charge in [0.15, 0.2) is 0 Å². The highest BCUT2D eigenvalue weighted by molar-refractivity contribution is 5.02. The van der Waals surface area contributed by atoms with Gasteiger partial charge in [0.2, 0.25) is 0 Å². The van der Waals surface area contributed by atoms with E-state index in [0.29, 0.717) is 5.92 Å². The molecule has 0 saturated carbocycles. The Labute approximate surface area is 192 Å². The molecular formula is C30H58. The van der Waals surface area contributed by atoms with E-state index < -0.39 is 0 Å². The van der Waals surface area contributed by atoms with Gasteiger partial charge in [0.25, 0.3) is 0 Å². The molecule has 0 N–H and O–H groups in total. The molecule has 0 heterocycles. The third-order valence-electron chi connectivity index (χ3n) is 6.49. The van der Waals surface area contributed by atoms with Gasteiger partial charge in [-0.1, -0.05) is 156 Å². The highest BCUT2D eigenvalue weighted by Gasteiger charge is 1.98. The second-order valence-electron chi connectivity index (χ2n) is 9.83. The third kappa shape index (κ3) is 25.6. The lowest BCUT2D eigenvalue weighted by atomic mass is 10.0. The monoisotopic (exact) mass is 418 g/mol. The van der Waals surface area contributed by atoms with Gasteiger partial charge in [-0.2, -0.15) is 0 Å². The molecule has 0 fully saturated rings. The van der Waals surface area contributed by atoms with Crippen LogP contribution in [0.5, 0.6) is 0 Å². The average molecular weight is 419 g/mol. The van der Waals surface area contributed by atoms with Crippen LogP contribution in [0, 0.1) is 17.8 Å². The van der Waals surface area contributed by atoms with Gasteiger partial charge in [0.05, 0.1) is 0 Å². The van der Waals surface area contributed by atoms with Crippen LogP contribution in [0.1, 0.15) is 175 Å². The highest BCUT2D eigenvalue weighted by atomic mass is 14.0. The summed E-state index contributed by atoms with van der Waals surface area (Å²) < 4.78 is 0. The number of unbranched alkanes of at least 4 members (excludes halogenated alkanes) is 21. The maximum atomic E-state index is 3.48. The van der Waals surface area contributed by atoms with Gasteiger partial charge >= 0.3 is 0 Å². The second-order valence-corrected chi connectivity index (χ2v) is 9.83. The summed E-state index contributed by atoms with van der Waals surface area (Å²) in [6, 6.07) is 0. The maximum absolute atomic E-state index is 3.48. The van der Waals surface area contributed by atoms with E-state index in [1.165, 1.54) is 148 Å². The molecule has 0 rings (SSSR count). The summed E-state index contributed by atoms with van der Waals surface area (Å²) in [6.07, 6.45) is 33.9. The molecule has 1 atom stereocenters. The van der Waals surface area contributed by atoms with Crippen molar-refractivity contribution in [2.45, 2.75) is 175 Å². The van der Waals surface area contributed by atoms with Crippen molar-refractivity contribution < 1.29 is 0 Å². The second kappa shape index (κ2) is 26.6. The fourth-order valence-corrected chi connectivity index (χ4v) is 4.31. The summed E-state index contributed by atoms with van der Waals surface area (Å²) in [4.78, 5) is 0. The first-order chi connectivity index (χ1) is 14.8. The van der Waals surface area contributed by atoms with Gasteiger partial charge in [0, 0.05) is 12.3 Å². The molecule has 0 amide bonds. The Morgan fingerprint density at radius 1 is 0.433 bits per heavy atom. The summed E-state index contributed by atoms with van der Waals surface area (Å²) in [7, 11) is 0. The third-order valence-corrected chi connectivity index (χ3v) is 6.49. The zero-order valence-electron chi connectivity index (χ0n) is 21.5. The maximum Gasteiger partial charge on any atom is 0.0174 e. The smallest absolute Gasteiger partial charge is 0.0174 e. The summed E-state index contributed by atoms with van der Waals surface area (Å²) in [5.74, 6) is 7.51. The van der Waals surface area contributed by atoms with E-state index in [-0.39, 0.29) is 0 Å². The van der Waals surface area contributed by atoms with E-state index in [2.05, 4.69) is 32.6 Å². The van der Waals surface area contributed by atoms with Gasteiger partial charge in [-0.25, -0.2) is 0 Å². The minimum atomic E-state index is 0.608. The van der Waals surface area contributed by atoms with Crippen LogP contribution in [0.3, 0.4) is 0 Å². The van der Waals surface area contributed by atoms with Crippen molar-refractivity contribution in [3.05, 3.63) is 0 Å². The largest absolute Gasteiger partial charge is 0.103 e. The SMILES string of the molecule is CCCCCCCC#CC(C)CCCCCCCCCCCCCCCCCCC. The summed E-state index contributed by atoms with van der Waals surface area (Å²) in [5, 5.41) is 0. The quantitative estimate of drug-likeness (QED) is 0.114. The predicted octanol–water partition coefficient (Wildman–Crippen LogP) is 11.0. The van der Waals surface area contributed by atoms with Crippen molar-refractivity contribution in [2.24, 2.45) is 5.92 Å². The Balaban J connectivity index is 3.18. The summed E-state index contributed by atoms with van der Waals surface area (Å²) in [6.45, 7) is 6.90. The van der Waals surface area contributed by atoms with Crippen LogP contribution < -0.4 is 0 Å². The molecule has 0 saturated heterocycles. The normalized spacial score (nSPS) is 12.0. The molecule has 0 heteroatoms. The van der Waals surface area contributed by atoms with Crippen LogP contribution in [0.4, 0.5) is 0 Å². The lowest BCUT2D eigenvalue weighted by Crippen LogP contribution is -1.91. The minimum Gasteiger partial charge on any atom is -0.103 e. The Bertz CT molecular complexity index is 358. The van der Waals surface area contributed by atoms with E-state index in [4.69, 9.17) is 0 Å². The van der Waals surface area contributed by atoms with Crippen LogP contribution >= 0.6 is 0 Å². The molecule has 0 aliphatic carbocycles. The van der Waals surface area contributed by atoms with Crippen LogP contribution in [-0.4, -0.2) is 0 Å². The van der Waals surface area contributed by atoms with Gasteiger partial charge in [0.1, 0.15) is 0 Å². The molecule has 0 nitrogen and oxygen atoms in total. The first-order valence-electron chi connectivity index (χ1n) is 14.3. The van der Waals surface area contributed by atoms with Crippen molar-refractivity contribution in [2.75, 3.05) is 0 Å². The van der Waals surface area contributed by atoms with E-state index in [9.17, 15) is 0 Å². The lowest BCUT2D eigenvalue weighted by Gasteiger charge is -2.05. The van der Waals surface area contributed by atoms with Crippen molar-refractivity contribution in [1.29, 1.82) is 0 Å². The molecular weight excluding hydrogens is 360 g/mol. The highest BCUT2D eigenvalue weighted by Crippen LogP contribution is 2.15. The average Bonchev–Trinajstić information content (AvgIpc) is 2.75. The topological polar surface area (TPSA) is 0 Å². The van der Waals surface area contributed by atoms with E-state index in [1.54, 1.807) is 0 Å². The minimum absolute atomic E-state index is 0.608. The molecule has 0 aromatic carbocycles. The molecule has 0 aromatic rings. The molecule has 0 bridgehead atoms. The van der Waals surface area contributed by atoms with Gasteiger partial charge in [-0.15, -0.1) is 11.8 Å². The fraction of sp³-hybridized carbons (Fsp3) is 0.933. The van der Waals surface area contributed by atoms with Gasteiger partial charge < -0.3 is 0 Å². The summed E-state index contributed by atoms with van der Waals surface area (Å²) in [5.41, 5.74) is 0. The fourth-order valence-electron chi connectivity index (χ4n) is 4.31. The van der Waals surface area contributed by atoms with Gasteiger partial charge in [-0.3, -0.25) is 0 Å². The Morgan fingerprint density at radius 3 is 1.17 bits per heavy atom. The van der Waals surface area contributed by atoms with Crippen molar-refractivity contribution in [3.63, 3.8) is 0 Å². The predicted molar refractivity (Wildman–Crippen MR) is 139 cm³/mol. The zero-order valence-corrected chi connectivity index (χ0v) is 21.5. The molecule has 178 valence electrons. The Kier molecular flexibility index (Phi) is 26.2. The molecule has 1 unspecified atom stereocenters. The van der Waals surface area contributed by atoms with Crippen LogP contribution in [-0.2, 0) is 0 Å². The first-order valence-corrected chi connectivity index (χ1v) is 14.3. The zero-order chi connectivity index (χ0) is 22.0. The van der Waals surface area contributed by atoms with Gasteiger partial charge in [-0.05, 0) is 12.8 Å². The first kappa shape index (κ1) is 29.6. The van der Waals surface area contributed by atoms with Crippen LogP contribution in [0.15, 0.2) is 0 Å². The van der Waals surface area contributed by atoms with E-state index >= 15 is 0 Å². The lowest BCUT2D eigenvalue weighted by molar-refractivity contribution is 0.518. The molecule has 0 radical (unpaired) electrons. The number of hydrogen-bond acceptors (Lipinski definition) is 0. The van der Waals surface area contributed by atoms with Crippen molar-refractivity contribution in [3.8, 4) is 11.8 Å². The Hall–Kier alpha value is -0.440. The van der Waals surface area contributed by atoms with Crippen molar-refractivity contribution >= 4 is 0 Å². The van der Waals surface area contributed by atoms with Crippen LogP contribution in [0.2, 0.25) is 0 Å². The van der Waals surface area contributed by atoms with E-state index in [0.717, 1.165) is 6.42 Å². The molecule has 30 heavy (non-hydrogen) atoms. The molecule has 0 aliphatic rings. The summed E-state index contributed by atoms with van der Waals surface area (Å²) >= 11 is 0. The standard InChI is InChI=1S/C30H58/c1-4-6-8-10-12-13-14-15-16-17-18-19-20-21-23-25-27-29-30(3)28-26-24-22-11-9-7-5-2/h30H,4-25,27,29H2,1-3H3.